The summed E-state index contributed by atoms with van der Waals surface area (Å²) in [5.74, 6) is 3.49. The molecule has 0 radical (unpaired) electrons. The van der Waals surface area contributed by atoms with Crippen LogP contribution in [0.3, 0.4) is 0 Å². The molecule has 2 aliphatic carbocycles. The van der Waals surface area contributed by atoms with Crippen LogP contribution in [0.2, 0.25) is 0 Å². The van der Waals surface area contributed by atoms with Gasteiger partial charge in [-0.25, -0.2) is 0 Å². The molecule has 3 heteroatoms. The van der Waals surface area contributed by atoms with Crippen molar-refractivity contribution in [2.24, 2.45) is 40.0 Å². The van der Waals surface area contributed by atoms with Crippen molar-refractivity contribution in [3.8, 4) is 0 Å². The quantitative estimate of drug-likeness (QED) is 0.301. The summed E-state index contributed by atoms with van der Waals surface area (Å²) in [6, 6.07) is 4.27. The van der Waals surface area contributed by atoms with E-state index in [4.69, 9.17) is 4.99 Å². The first kappa shape index (κ1) is 26.3. The first-order chi connectivity index (χ1) is 16.9. The molecule has 0 bridgehead atoms. The van der Waals surface area contributed by atoms with Gasteiger partial charge in [0.15, 0.2) is 5.78 Å². The number of rotatable bonds is 11. The molecule has 5 unspecified atom stereocenters. The van der Waals surface area contributed by atoms with E-state index in [1.54, 1.807) is 0 Å². The highest BCUT2D eigenvalue weighted by Crippen LogP contribution is 2.62. The molecule has 0 spiro atoms. The van der Waals surface area contributed by atoms with E-state index in [9.17, 15) is 4.79 Å². The molecule has 0 aromatic carbocycles. The van der Waals surface area contributed by atoms with Gasteiger partial charge in [-0.15, -0.1) is 0 Å². The molecule has 0 N–H and O–H groups in total. The lowest BCUT2D eigenvalue weighted by molar-refractivity contribution is -0.120. The van der Waals surface area contributed by atoms with E-state index in [-0.39, 0.29) is 11.3 Å². The van der Waals surface area contributed by atoms with Gasteiger partial charge in [-0.2, -0.15) is 0 Å². The maximum atomic E-state index is 13.7. The zero-order chi connectivity index (χ0) is 25.0. The molecular weight excluding hydrogens is 428 g/mol. The summed E-state index contributed by atoms with van der Waals surface area (Å²) < 4.78 is 0. The molecule has 192 valence electrons. The van der Waals surface area contributed by atoms with Crippen LogP contribution in [0.4, 0.5) is 0 Å². The normalized spacial score (nSPS) is 30.2. The van der Waals surface area contributed by atoms with Crippen molar-refractivity contribution < 1.29 is 4.79 Å². The molecule has 0 amide bonds. The fourth-order valence-corrected chi connectivity index (χ4v) is 7.28. The van der Waals surface area contributed by atoms with Gasteiger partial charge >= 0.3 is 0 Å². The first-order valence-electron chi connectivity index (χ1n) is 14.6. The number of Topliss-reactive ketones (excluding diaryl/α,β-unsaturated/α-hetero) is 1. The summed E-state index contributed by atoms with van der Waals surface area (Å²) in [6.07, 6.45) is 18.5. The van der Waals surface area contributed by atoms with Crippen molar-refractivity contribution in [3.05, 3.63) is 41.4 Å². The van der Waals surface area contributed by atoms with E-state index in [1.165, 1.54) is 56.2 Å². The van der Waals surface area contributed by atoms with Gasteiger partial charge in [-0.3, -0.25) is 14.8 Å². The van der Waals surface area contributed by atoms with Crippen LogP contribution >= 0.6 is 0 Å². The molecule has 1 aromatic rings. The third kappa shape index (κ3) is 5.97. The number of carbonyl (C=O) groups excluding carboxylic acids is 1. The number of nitrogens with zero attached hydrogens (tertiary/aromatic N) is 2. The Labute approximate surface area is 214 Å². The SMILES string of the molecule is CCC1=NC(C)=C(C(=O)C(CC)CC[C@@H](C)C2CCCC(CCc3cccnc3)CC2)C2(C)CC12. The molecule has 2 heterocycles. The number of pyridine rings is 1. The summed E-state index contributed by atoms with van der Waals surface area (Å²) in [4.78, 5) is 22.9. The monoisotopic (exact) mass is 476 g/mol. The molecule has 1 aliphatic heterocycles. The maximum absolute atomic E-state index is 13.7. The van der Waals surface area contributed by atoms with Crippen molar-refractivity contribution in [2.75, 3.05) is 0 Å². The molecule has 0 saturated heterocycles. The number of allylic oxidation sites excluding steroid dienone is 2. The molecule has 2 saturated carbocycles. The van der Waals surface area contributed by atoms with Gasteiger partial charge < -0.3 is 0 Å². The van der Waals surface area contributed by atoms with Gasteiger partial charge in [0.05, 0.1) is 0 Å². The van der Waals surface area contributed by atoms with Crippen LogP contribution in [0.25, 0.3) is 0 Å². The van der Waals surface area contributed by atoms with Crippen molar-refractivity contribution in [1.82, 2.24) is 4.98 Å². The Morgan fingerprint density at radius 2 is 2.00 bits per heavy atom. The second-order valence-corrected chi connectivity index (χ2v) is 12.1. The number of ketones is 1. The minimum absolute atomic E-state index is 0.0689. The summed E-state index contributed by atoms with van der Waals surface area (Å²) in [5, 5.41) is 0. The lowest BCUT2D eigenvalue weighted by Crippen LogP contribution is -2.27. The van der Waals surface area contributed by atoms with Gasteiger partial charge in [0.2, 0.25) is 0 Å². The van der Waals surface area contributed by atoms with Crippen molar-refractivity contribution in [2.45, 2.75) is 112 Å². The number of aryl methyl sites for hydroxylation is 1. The van der Waals surface area contributed by atoms with Crippen molar-refractivity contribution >= 4 is 11.5 Å². The summed E-state index contributed by atoms with van der Waals surface area (Å²) in [5.41, 5.74) is 4.85. The highest BCUT2D eigenvalue weighted by atomic mass is 16.1. The fraction of sp³-hybridized carbons (Fsp3) is 0.719. The molecule has 4 rings (SSSR count). The van der Waals surface area contributed by atoms with Crippen LogP contribution < -0.4 is 0 Å². The van der Waals surface area contributed by atoms with Crippen LogP contribution in [0.1, 0.15) is 111 Å². The van der Waals surface area contributed by atoms with Crippen LogP contribution in [0.5, 0.6) is 0 Å². The second kappa shape index (κ2) is 11.5. The van der Waals surface area contributed by atoms with Gasteiger partial charge in [0.25, 0.3) is 0 Å². The largest absolute Gasteiger partial charge is 0.294 e. The number of carbonyl (C=O) groups is 1. The molecule has 35 heavy (non-hydrogen) atoms. The maximum Gasteiger partial charge on any atom is 0.164 e. The van der Waals surface area contributed by atoms with Crippen molar-refractivity contribution in [1.29, 1.82) is 0 Å². The minimum atomic E-state index is 0.0689. The molecule has 3 aliphatic rings. The van der Waals surface area contributed by atoms with E-state index >= 15 is 0 Å². The van der Waals surface area contributed by atoms with Gasteiger partial charge in [-0.1, -0.05) is 59.4 Å². The Bertz CT molecular complexity index is 932. The topological polar surface area (TPSA) is 42.3 Å². The van der Waals surface area contributed by atoms with E-state index < -0.39 is 0 Å². The minimum Gasteiger partial charge on any atom is -0.294 e. The lowest BCUT2D eigenvalue weighted by Gasteiger charge is -2.28. The average molecular weight is 477 g/mol. The number of hydrogen-bond acceptors (Lipinski definition) is 3. The Morgan fingerprint density at radius 3 is 2.71 bits per heavy atom. The number of aliphatic imine (C=N–C) groups is 1. The smallest absolute Gasteiger partial charge is 0.164 e. The van der Waals surface area contributed by atoms with Gasteiger partial charge in [0, 0.05) is 46.6 Å². The molecular formula is C32H48N2O. The number of fused-ring (bicyclic) bond motifs is 1. The third-order valence-corrected chi connectivity index (χ3v) is 9.83. The fourth-order valence-electron chi connectivity index (χ4n) is 7.28. The Kier molecular flexibility index (Phi) is 8.66. The first-order valence-corrected chi connectivity index (χ1v) is 14.6. The predicted molar refractivity (Wildman–Crippen MR) is 146 cm³/mol. The van der Waals surface area contributed by atoms with Crippen LogP contribution in [-0.4, -0.2) is 16.5 Å². The summed E-state index contributed by atoms with van der Waals surface area (Å²) in [7, 11) is 0. The number of aromatic nitrogens is 1. The van der Waals surface area contributed by atoms with Crippen LogP contribution in [0, 0.1) is 35.0 Å². The van der Waals surface area contributed by atoms with E-state index in [1.807, 2.05) is 12.4 Å². The Hall–Kier alpha value is -1.77. The Balaban J connectivity index is 1.28. The van der Waals surface area contributed by atoms with Crippen LogP contribution in [0.15, 0.2) is 40.8 Å². The summed E-state index contributed by atoms with van der Waals surface area (Å²) >= 11 is 0. The van der Waals surface area contributed by atoms with Crippen molar-refractivity contribution in [3.63, 3.8) is 0 Å². The molecule has 1 aromatic heterocycles. The second-order valence-electron chi connectivity index (χ2n) is 12.1. The lowest BCUT2D eigenvalue weighted by atomic mass is 9.77. The zero-order valence-electron chi connectivity index (χ0n) is 23.0. The Morgan fingerprint density at radius 1 is 1.17 bits per heavy atom. The average Bonchev–Trinajstić information content (AvgIpc) is 3.60. The van der Waals surface area contributed by atoms with E-state index in [2.05, 4.69) is 51.7 Å². The zero-order valence-corrected chi connectivity index (χ0v) is 23.0. The standard InChI is InChI=1S/C32H48N2O/c1-6-26(31(35)30-23(4)34-29(7-2)28-20-32(28,30)5)17-13-22(3)27-12-8-10-24(16-18-27)14-15-25-11-9-19-33-21-25/h9,11,19,21-22,24,26-28H,6-8,10,12-18,20H2,1-5H3/t22-,24?,26?,27?,28?,32?/m1/s1. The highest BCUT2D eigenvalue weighted by molar-refractivity contribution is 6.04. The van der Waals surface area contributed by atoms with E-state index in [0.717, 1.165) is 55.2 Å². The van der Waals surface area contributed by atoms with Crippen LogP contribution in [-0.2, 0) is 11.2 Å². The highest BCUT2D eigenvalue weighted by Gasteiger charge is 2.59. The van der Waals surface area contributed by atoms with E-state index in [0.29, 0.717) is 17.6 Å². The number of hydrogen-bond donors (Lipinski definition) is 0. The summed E-state index contributed by atoms with van der Waals surface area (Å²) in [6.45, 7) is 11.2. The molecule has 3 nitrogen and oxygen atoms in total. The third-order valence-electron chi connectivity index (χ3n) is 9.83. The molecule has 6 atom stereocenters. The van der Waals surface area contributed by atoms with Gasteiger partial charge in [0.1, 0.15) is 0 Å². The molecule has 2 fully saturated rings. The predicted octanol–water partition coefficient (Wildman–Crippen LogP) is 8.39. The van der Waals surface area contributed by atoms with Gasteiger partial charge in [-0.05, 0) is 87.7 Å².